The molecule has 21 heavy (non-hydrogen) atoms. The van der Waals surface area contributed by atoms with E-state index >= 15 is 0 Å². The van der Waals surface area contributed by atoms with E-state index in [9.17, 15) is 18.0 Å². The Hall–Kier alpha value is -1.41. The topological polar surface area (TPSA) is 44.4 Å². The maximum absolute atomic E-state index is 12.2. The van der Waals surface area contributed by atoms with Crippen molar-refractivity contribution in [2.75, 3.05) is 26.2 Å². The Labute approximate surface area is 125 Å². The third kappa shape index (κ3) is 5.47. The molecular weight excluding hydrogens is 303 g/mol. The van der Waals surface area contributed by atoms with Gasteiger partial charge in [0.1, 0.15) is 0 Å². The first-order chi connectivity index (χ1) is 9.94. The summed E-state index contributed by atoms with van der Waals surface area (Å²) in [6.45, 7) is 3.17. The van der Waals surface area contributed by atoms with Gasteiger partial charge in [-0.3, -0.25) is 0 Å². The van der Waals surface area contributed by atoms with Crippen LogP contribution < -0.4 is 10.6 Å². The molecule has 1 fully saturated rings. The van der Waals surface area contributed by atoms with Gasteiger partial charge in [-0.1, -0.05) is 12.1 Å². The molecule has 1 aromatic rings. The predicted octanol–water partition coefficient (Wildman–Crippen LogP) is 2.41. The number of carbonyl (C=O) groups is 1. The summed E-state index contributed by atoms with van der Waals surface area (Å²) in [7, 11) is 0. The van der Waals surface area contributed by atoms with Crippen molar-refractivity contribution in [1.82, 2.24) is 15.5 Å². The van der Waals surface area contributed by atoms with Crippen LogP contribution in [-0.4, -0.2) is 42.6 Å². The van der Waals surface area contributed by atoms with Crippen LogP contribution in [-0.2, 0) is 6.54 Å². The van der Waals surface area contributed by atoms with E-state index in [0.717, 1.165) is 18.7 Å². The number of urea groups is 1. The van der Waals surface area contributed by atoms with E-state index in [4.69, 9.17) is 0 Å². The molecule has 0 saturated carbocycles. The molecule has 0 atom stereocenters. The molecule has 8 heteroatoms. The van der Waals surface area contributed by atoms with Crippen molar-refractivity contribution in [3.8, 4) is 0 Å². The van der Waals surface area contributed by atoms with Crippen LogP contribution in [0.2, 0.25) is 0 Å². The number of hydrogen-bond acceptors (Lipinski definition) is 3. The summed E-state index contributed by atoms with van der Waals surface area (Å²) >= 11 is -0.146. The number of hydrogen-bond donors (Lipinski definition) is 2. The molecule has 4 nitrogen and oxygen atoms in total. The summed E-state index contributed by atoms with van der Waals surface area (Å²) in [5.41, 5.74) is -3.51. The van der Waals surface area contributed by atoms with Crippen LogP contribution >= 0.6 is 11.8 Å². The maximum atomic E-state index is 12.2. The zero-order valence-electron chi connectivity index (χ0n) is 11.2. The predicted molar refractivity (Wildman–Crippen MR) is 75.0 cm³/mol. The average Bonchev–Trinajstić information content (AvgIpc) is 2.45. The fourth-order valence-electron chi connectivity index (χ4n) is 1.97. The van der Waals surface area contributed by atoms with E-state index in [2.05, 4.69) is 10.6 Å². The highest BCUT2D eigenvalue weighted by molar-refractivity contribution is 8.00. The molecule has 1 saturated heterocycles. The van der Waals surface area contributed by atoms with Gasteiger partial charge in [-0.05, 0) is 29.5 Å². The van der Waals surface area contributed by atoms with Crippen LogP contribution in [0, 0.1) is 0 Å². The van der Waals surface area contributed by atoms with Gasteiger partial charge >= 0.3 is 11.5 Å². The smallest absolute Gasteiger partial charge is 0.334 e. The van der Waals surface area contributed by atoms with Gasteiger partial charge < -0.3 is 15.5 Å². The Bertz CT molecular complexity index is 473. The fraction of sp³-hybridized carbons (Fsp3) is 0.462. The first-order valence-corrected chi connectivity index (χ1v) is 7.34. The van der Waals surface area contributed by atoms with Crippen molar-refractivity contribution in [2.24, 2.45) is 0 Å². The molecule has 0 aromatic heterocycles. The molecule has 0 spiro atoms. The molecule has 1 aliphatic heterocycles. The van der Waals surface area contributed by atoms with Crippen molar-refractivity contribution >= 4 is 17.8 Å². The summed E-state index contributed by atoms with van der Waals surface area (Å²) in [4.78, 5) is 13.7. The molecule has 0 bridgehead atoms. The van der Waals surface area contributed by atoms with Crippen molar-refractivity contribution in [3.05, 3.63) is 29.8 Å². The van der Waals surface area contributed by atoms with Gasteiger partial charge in [0.15, 0.2) is 0 Å². The second-order valence-electron chi connectivity index (χ2n) is 4.59. The molecule has 0 unspecified atom stereocenters. The first-order valence-electron chi connectivity index (χ1n) is 6.52. The number of nitrogens with one attached hydrogen (secondary N) is 2. The third-order valence-corrected chi connectivity index (χ3v) is 3.74. The number of rotatable bonds is 3. The molecule has 1 aromatic carbocycles. The van der Waals surface area contributed by atoms with Crippen LogP contribution in [0.1, 0.15) is 5.56 Å². The minimum atomic E-state index is -4.28. The van der Waals surface area contributed by atoms with Gasteiger partial charge in [-0.15, -0.1) is 0 Å². The van der Waals surface area contributed by atoms with E-state index < -0.39 is 5.51 Å². The lowest BCUT2D eigenvalue weighted by atomic mass is 10.2. The lowest BCUT2D eigenvalue weighted by Crippen LogP contribution is -2.50. The Kier molecular flexibility index (Phi) is 5.35. The molecule has 2 amide bonds. The van der Waals surface area contributed by atoms with E-state index in [-0.39, 0.29) is 22.7 Å². The quantitative estimate of drug-likeness (QED) is 0.841. The van der Waals surface area contributed by atoms with E-state index in [1.54, 1.807) is 17.0 Å². The van der Waals surface area contributed by atoms with E-state index in [1.165, 1.54) is 12.1 Å². The molecule has 0 radical (unpaired) electrons. The molecule has 2 N–H and O–H groups in total. The Balaban J connectivity index is 1.81. The Morgan fingerprint density at radius 1 is 1.24 bits per heavy atom. The van der Waals surface area contributed by atoms with Crippen LogP contribution in [0.4, 0.5) is 18.0 Å². The lowest BCUT2D eigenvalue weighted by Gasteiger charge is -2.27. The van der Waals surface area contributed by atoms with Crippen molar-refractivity contribution in [3.63, 3.8) is 0 Å². The van der Waals surface area contributed by atoms with Crippen molar-refractivity contribution in [1.29, 1.82) is 0 Å². The number of piperazine rings is 1. The summed E-state index contributed by atoms with van der Waals surface area (Å²) in [5.74, 6) is 0. The number of halogens is 3. The second kappa shape index (κ2) is 7.04. The van der Waals surface area contributed by atoms with Gasteiger partial charge in [0, 0.05) is 37.6 Å². The normalized spacial score (nSPS) is 15.9. The van der Waals surface area contributed by atoms with Gasteiger partial charge in [-0.2, -0.15) is 13.2 Å². The number of amides is 2. The minimum Gasteiger partial charge on any atom is -0.334 e. The number of carbonyl (C=O) groups excluding carboxylic acids is 1. The number of alkyl halides is 3. The maximum Gasteiger partial charge on any atom is 0.446 e. The molecule has 0 aliphatic carbocycles. The number of benzene rings is 1. The fourth-order valence-corrected chi connectivity index (χ4v) is 2.51. The van der Waals surface area contributed by atoms with Crippen molar-refractivity contribution < 1.29 is 18.0 Å². The van der Waals surface area contributed by atoms with Crippen molar-refractivity contribution in [2.45, 2.75) is 16.9 Å². The highest BCUT2D eigenvalue weighted by Gasteiger charge is 2.29. The van der Waals surface area contributed by atoms with Crippen LogP contribution in [0.15, 0.2) is 29.2 Å². The van der Waals surface area contributed by atoms with Gasteiger partial charge in [0.25, 0.3) is 0 Å². The zero-order chi connectivity index (χ0) is 15.3. The highest BCUT2D eigenvalue weighted by atomic mass is 32.2. The SMILES string of the molecule is O=C(NCc1ccc(SC(F)(F)F)cc1)N1CCNCC1. The van der Waals surface area contributed by atoms with Crippen LogP contribution in [0.3, 0.4) is 0 Å². The largest absolute Gasteiger partial charge is 0.446 e. The van der Waals surface area contributed by atoms with Crippen LogP contribution in [0.5, 0.6) is 0 Å². The van der Waals surface area contributed by atoms with E-state index in [0.29, 0.717) is 19.6 Å². The second-order valence-corrected chi connectivity index (χ2v) is 5.73. The summed E-state index contributed by atoms with van der Waals surface area (Å²) in [6.07, 6.45) is 0. The number of nitrogens with zero attached hydrogens (tertiary/aromatic N) is 1. The van der Waals surface area contributed by atoms with Crippen LogP contribution in [0.25, 0.3) is 0 Å². The van der Waals surface area contributed by atoms with Gasteiger partial charge in [0.2, 0.25) is 0 Å². The van der Waals surface area contributed by atoms with Gasteiger partial charge in [0.05, 0.1) is 0 Å². The lowest BCUT2D eigenvalue weighted by molar-refractivity contribution is -0.0328. The monoisotopic (exact) mass is 319 g/mol. The standard InChI is InChI=1S/C13H16F3N3OS/c14-13(15,16)21-11-3-1-10(2-4-11)9-18-12(20)19-7-5-17-6-8-19/h1-4,17H,5-9H2,(H,18,20). The number of thioether (sulfide) groups is 1. The molecule has 116 valence electrons. The summed E-state index contributed by atoms with van der Waals surface area (Å²) in [6, 6.07) is 5.85. The summed E-state index contributed by atoms with van der Waals surface area (Å²) < 4.78 is 36.6. The third-order valence-electron chi connectivity index (χ3n) is 3.00. The first kappa shape index (κ1) is 16.0. The molecule has 1 heterocycles. The van der Waals surface area contributed by atoms with E-state index in [1.807, 2.05) is 0 Å². The minimum absolute atomic E-state index is 0.139. The Morgan fingerprint density at radius 2 is 1.86 bits per heavy atom. The molecule has 2 rings (SSSR count). The highest BCUT2D eigenvalue weighted by Crippen LogP contribution is 2.36. The van der Waals surface area contributed by atoms with Gasteiger partial charge in [-0.25, -0.2) is 4.79 Å². The molecular formula is C13H16F3N3OS. The average molecular weight is 319 g/mol. The summed E-state index contributed by atoms with van der Waals surface area (Å²) in [5, 5.41) is 5.92. The zero-order valence-corrected chi connectivity index (χ0v) is 12.1. The molecule has 1 aliphatic rings. The Morgan fingerprint density at radius 3 is 2.43 bits per heavy atom.